The van der Waals surface area contributed by atoms with Crippen molar-refractivity contribution >= 4 is 5.97 Å². The minimum atomic E-state index is -1.20. The van der Waals surface area contributed by atoms with Crippen LogP contribution >= 0.6 is 0 Å². The van der Waals surface area contributed by atoms with E-state index >= 15 is 0 Å². The van der Waals surface area contributed by atoms with E-state index in [0.29, 0.717) is 17.9 Å². The number of hydrogen-bond donors (Lipinski definition) is 2. The Balaban J connectivity index is 2.67. The zero-order valence-corrected chi connectivity index (χ0v) is 11.2. The van der Waals surface area contributed by atoms with Gasteiger partial charge in [0.05, 0.1) is 25.7 Å². The zero-order valence-electron chi connectivity index (χ0n) is 11.2. The van der Waals surface area contributed by atoms with Crippen LogP contribution in [0.5, 0.6) is 5.75 Å². The molecule has 0 saturated heterocycles. The van der Waals surface area contributed by atoms with Gasteiger partial charge in [0.25, 0.3) is 0 Å². The Kier molecular flexibility index (Phi) is 6.32. The maximum Gasteiger partial charge on any atom is 0.308 e. The van der Waals surface area contributed by atoms with Gasteiger partial charge in [-0.15, -0.1) is 0 Å². The molecule has 0 aliphatic heterocycles. The molecule has 0 aliphatic rings. The van der Waals surface area contributed by atoms with Crippen LogP contribution in [0.1, 0.15) is 31.9 Å². The Morgan fingerprint density at radius 3 is 2.63 bits per heavy atom. The fraction of sp³-hybridized carbons (Fsp3) is 0.500. The van der Waals surface area contributed by atoms with Crippen LogP contribution in [0.2, 0.25) is 0 Å². The highest BCUT2D eigenvalue weighted by atomic mass is 16.5. The molecule has 1 aromatic carbocycles. The maximum absolute atomic E-state index is 11.2. The number of aliphatic hydroxyl groups is 2. The lowest BCUT2D eigenvalue weighted by atomic mass is 10.0. The number of rotatable bonds is 7. The van der Waals surface area contributed by atoms with Crippen molar-refractivity contribution in [3.05, 3.63) is 29.8 Å². The minimum Gasteiger partial charge on any atom is -0.494 e. The van der Waals surface area contributed by atoms with Gasteiger partial charge in [0.15, 0.2) is 0 Å². The van der Waals surface area contributed by atoms with Crippen molar-refractivity contribution in [2.45, 2.75) is 32.5 Å². The van der Waals surface area contributed by atoms with Crippen LogP contribution in [0.25, 0.3) is 0 Å². The highest BCUT2D eigenvalue weighted by Gasteiger charge is 2.22. The quantitative estimate of drug-likeness (QED) is 0.732. The number of ether oxygens (including phenoxy) is 2. The van der Waals surface area contributed by atoms with E-state index in [4.69, 9.17) is 9.47 Å². The first-order chi connectivity index (χ1) is 9.08. The predicted molar refractivity (Wildman–Crippen MR) is 69.8 cm³/mol. The van der Waals surface area contributed by atoms with Crippen LogP contribution in [0.4, 0.5) is 0 Å². The average Bonchev–Trinajstić information content (AvgIpc) is 2.38. The van der Waals surface area contributed by atoms with Crippen molar-refractivity contribution < 1.29 is 24.5 Å². The van der Waals surface area contributed by atoms with E-state index in [2.05, 4.69) is 0 Å². The smallest absolute Gasteiger partial charge is 0.308 e. The summed E-state index contributed by atoms with van der Waals surface area (Å²) in [6.45, 7) is 4.32. The van der Waals surface area contributed by atoms with E-state index in [-0.39, 0.29) is 13.0 Å². The molecule has 5 heteroatoms. The monoisotopic (exact) mass is 268 g/mol. The SMILES string of the molecule is CCOC(=O)CC(O)C(O)c1cccc(OCC)c1. The lowest BCUT2D eigenvalue weighted by Gasteiger charge is -2.18. The van der Waals surface area contributed by atoms with Gasteiger partial charge in [0, 0.05) is 0 Å². The lowest BCUT2D eigenvalue weighted by molar-refractivity contribution is -0.147. The first-order valence-electron chi connectivity index (χ1n) is 6.33. The van der Waals surface area contributed by atoms with Gasteiger partial charge < -0.3 is 19.7 Å². The second-order valence-corrected chi connectivity index (χ2v) is 4.03. The van der Waals surface area contributed by atoms with Crippen molar-refractivity contribution in [3.63, 3.8) is 0 Å². The van der Waals surface area contributed by atoms with Crippen LogP contribution < -0.4 is 4.74 Å². The predicted octanol–water partition coefficient (Wildman–Crippen LogP) is 1.43. The molecule has 0 saturated carbocycles. The highest BCUT2D eigenvalue weighted by Crippen LogP contribution is 2.23. The molecule has 0 fully saturated rings. The molecule has 2 unspecified atom stereocenters. The van der Waals surface area contributed by atoms with Gasteiger partial charge in [0.1, 0.15) is 11.9 Å². The van der Waals surface area contributed by atoms with Crippen LogP contribution in [0, 0.1) is 0 Å². The summed E-state index contributed by atoms with van der Waals surface area (Å²) in [5.41, 5.74) is 0.503. The molecule has 5 nitrogen and oxygen atoms in total. The molecule has 0 spiro atoms. The summed E-state index contributed by atoms with van der Waals surface area (Å²) in [6, 6.07) is 6.79. The fourth-order valence-corrected chi connectivity index (χ4v) is 1.68. The molecule has 106 valence electrons. The Labute approximate surface area is 112 Å². The fourth-order valence-electron chi connectivity index (χ4n) is 1.68. The van der Waals surface area contributed by atoms with E-state index in [1.54, 1.807) is 31.2 Å². The van der Waals surface area contributed by atoms with E-state index in [9.17, 15) is 15.0 Å². The van der Waals surface area contributed by atoms with E-state index < -0.39 is 18.2 Å². The van der Waals surface area contributed by atoms with Gasteiger partial charge in [-0.2, -0.15) is 0 Å². The summed E-state index contributed by atoms with van der Waals surface area (Å²) >= 11 is 0. The van der Waals surface area contributed by atoms with Gasteiger partial charge in [-0.25, -0.2) is 0 Å². The molecule has 1 aromatic rings. The van der Waals surface area contributed by atoms with Crippen molar-refractivity contribution in [3.8, 4) is 5.75 Å². The summed E-state index contributed by atoms with van der Waals surface area (Å²) < 4.78 is 10.0. The molecule has 0 aliphatic carbocycles. The third kappa shape index (κ3) is 4.89. The van der Waals surface area contributed by atoms with E-state index in [1.165, 1.54) is 0 Å². The molecule has 0 amide bonds. The average molecular weight is 268 g/mol. The lowest BCUT2D eigenvalue weighted by Crippen LogP contribution is -2.23. The summed E-state index contributed by atoms with van der Waals surface area (Å²) in [6.07, 6.45) is -2.59. The number of esters is 1. The van der Waals surface area contributed by atoms with Gasteiger partial charge in [-0.3, -0.25) is 4.79 Å². The van der Waals surface area contributed by atoms with Crippen molar-refractivity contribution in [2.75, 3.05) is 13.2 Å². The van der Waals surface area contributed by atoms with Crippen molar-refractivity contribution in [2.24, 2.45) is 0 Å². The number of benzene rings is 1. The molecule has 0 aromatic heterocycles. The van der Waals surface area contributed by atoms with Crippen LogP contribution in [0.15, 0.2) is 24.3 Å². The highest BCUT2D eigenvalue weighted by molar-refractivity contribution is 5.70. The number of carbonyl (C=O) groups is 1. The van der Waals surface area contributed by atoms with Crippen molar-refractivity contribution in [1.29, 1.82) is 0 Å². The molecular formula is C14H20O5. The maximum atomic E-state index is 11.2. The third-order valence-electron chi connectivity index (χ3n) is 2.56. The summed E-state index contributed by atoms with van der Waals surface area (Å²) in [5, 5.41) is 19.8. The van der Waals surface area contributed by atoms with E-state index in [0.717, 1.165) is 0 Å². The Morgan fingerprint density at radius 1 is 1.26 bits per heavy atom. The van der Waals surface area contributed by atoms with E-state index in [1.807, 2.05) is 6.92 Å². The molecule has 2 atom stereocenters. The summed E-state index contributed by atoms with van der Waals surface area (Å²) in [7, 11) is 0. The van der Waals surface area contributed by atoms with Gasteiger partial charge in [-0.05, 0) is 31.5 Å². The van der Waals surface area contributed by atoms with Crippen LogP contribution in [0.3, 0.4) is 0 Å². The normalized spacial score (nSPS) is 13.7. The molecule has 19 heavy (non-hydrogen) atoms. The summed E-state index contributed by atoms with van der Waals surface area (Å²) in [4.78, 5) is 11.2. The topological polar surface area (TPSA) is 76.0 Å². The third-order valence-corrected chi connectivity index (χ3v) is 2.56. The molecule has 2 N–H and O–H groups in total. The Morgan fingerprint density at radius 2 is 2.00 bits per heavy atom. The first kappa shape index (κ1) is 15.5. The molecule has 0 heterocycles. The van der Waals surface area contributed by atoms with Crippen LogP contribution in [-0.4, -0.2) is 35.5 Å². The number of carbonyl (C=O) groups excluding carboxylic acids is 1. The Bertz CT molecular complexity index is 405. The zero-order chi connectivity index (χ0) is 14.3. The van der Waals surface area contributed by atoms with Gasteiger partial charge in [0.2, 0.25) is 0 Å². The molecule has 0 radical (unpaired) electrons. The van der Waals surface area contributed by atoms with Gasteiger partial charge >= 0.3 is 5.97 Å². The van der Waals surface area contributed by atoms with Crippen LogP contribution in [-0.2, 0) is 9.53 Å². The molecule has 0 bridgehead atoms. The van der Waals surface area contributed by atoms with Crippen molar-refractivity contribution in [1.82, 2.24) is 0 Å². The molecular weight excluding hydrogens is 248 g/mol. The number of aliphatic hydroxyl groups excluding tert-OH is 2. The second-order valence-electron chi connectivity index (χ2n) is 4.03. The summed E-state index contributed by atoms with van der Waals surface area (Å²) in [5.74, 6) is 0.0809. The Hall–Kier alpha value is -1.59. The first-order valence-corrected chi connectivity index (χ1v) is 6.33. The number of hydrogen-bond acceptors (Lipinski definition) is 5. The standard InChI is InChI=1S/C14H20O5/c1-3-18-11-7-5-6-10(8-11)14(17)12(15)9-13(16)19-4-2/h5-8,12,14-15,17H,3-4,9H2,1-2H3. The second kappa shape index (κ2) is 7.76. The van der Waals surface area contributed by atoms with Gasteiger partial charge in [-0.1, -0.05) is 12.1 Å². The molecule has 1 rings (SSSR count). The minimum absolute atomic E-state index is 0.242. The largest absolute Gasteiger partial charge is 0.494 e.